The average molecular weight is 841 g/mol. The molecule has 0 aliphatic rings. The number of ether oxygens (including phenoxy) is 3. The van der Waals surface area contributed by atoms with Gasteiger partial charge in [-0.05, 0) is 103 Å². The number of carbonyl (C=O) groups excluding carboxylic acids is 3. The minimum absolute atomic E-state index is 0.0827. The number of rotatable bonds is 46. The predicted molar refractivity (Wildman–Crippen MR) is 256 cm³/mol. The zero-order chi connectivity index (χ0) is 43.7. The van der Waals surface area contributed by atoms with Gasteiger partial charge in [0, 0.05) is 19.3 Å². The molecule has 0 amide bonds. The smallest absolute Gasteiger partial charge is 0.306 e. The van der Waals surface area contributed by atoms with Gasteiger partial charge in [0.1, 0.15) is 13.2 Å². The Hall–Kier alpha value is -2.63. The fourth-order valence-corrected chi connectivity index (χ4v) is 7.11. The van der Waals surface area contributed by atoms with E-state index in [2.05, 4.69) is 69.4 Å². The van der Waals surface area contributed by atoms with E-state index in [-0.39, 0.29) is 31.1 Å². The summed E-state index contributed by atoms with van der Waals surface area (Å²) in [4.78, 5) is 37.9. The first-order valence-corrected chi connectivity index (χ1v) is 25.6. The largest absolute Gasteiger partial charge is 0.462 e. The average Bonchev–Trinajstić information content (AvgIpc) is 3.24. The molecule has 0 rings (SSSR count). The lowest BCUT2D eigenvalue weighted by atomic mass is 10.1. The molecule has 0 aromatic rings. The quantitative estimate of drug-likeness (QED) is 0.0263. The first-order chi connectivity index (χ1) is 29.5. The molecule has 0 aromatic heterocycles. The SMILES string of the molecule is CCCCC/C=C\CCCCCCCC(=O)OCC(COC(=O)CCCCCCCCC/C=C\C/C=C\CCCCCC)OC(=O)CCCCCCC/C=C\CCCCC. The van der Waals surface area contributed by atoms with Crippen molar-refractivity contribution in [1.29, 1.82) is 0 Å². The van der Waals surface area contributed by atoms with Gasteiger partial charge in [-0.3, -0.25) is 14.4 Å². The molecule has 0 aromatic carbocycles. The van der Waals surface area contributed by atoms with Crippen molar-refractivity contribution in [2.45, 2.75) is 264 Å². The van der Waals surface area contributed by atoms with Crippen molar-refractivity contribution in [3.05, 3.63) is 48.6 Å². The maximum Gasteiger partial charge on any atom is 0.306 e. The standard InChI is InChI=1S/C54H96O6/c1-4-7-10-13-16-19-22-25-26-27-28-29-30-33-35-38-41-44-47-53(56)59-50-51(60-54(57)48-45-42-39-36-32-24-21-18-15-12-9-6-3)49-58-52(55)46-43-40-37-34-31-23-20-17-14-11-8-5-2/h17-22,26-27,51H,4-16,23-25,28-50H2,1-3H3/b20-17-,21-18-,22-19-,27-26-. The zero-order valence-electron chi connectivity index (χ0n) is 39.7. The second-order valence-electron chi connectivity index (χ2n) is 17.1. The van der Waals surface area contributed by atoms with Crippen molar-refractivity contribution in [1.82, 2.24) is 0 Å². The minimum atomic E-state index is -0.781. The van der Waals surface area contributed by atoms with Gasteiger partial charge < -0.3 is 14.2 Å². The molecule has 0 bridgehead atoms. The van der Waals surface area contributed by atoms with Crippen LogP contribution >= 0.6 is 0 Å². The van der Waals surface area contributed by atoms with E-state index in [0.29, 0.717) is 19.3 Å². The van der Waals surface area contributed by atoms with E-state index in [4.69, 9.17) is 14.2 Å². The Morgan fingerprint density at radius 1 is 0.333 bits per heavy atom. The summed E-state index contributed by atoms with van der Waals surface area (Å²) in [5, 5.41) is 0. The fourth-order valence-electron chi connectivity index (χ4n) is 7.11. The molecule has 1 atom stereocenters. The van der Waals surface area contributed by atoms with Gasteiger partial charge in [0.05, 0.1) is 0 Å². The molecule has 0 N–H and O–H groups in total. The summed E-state index contributed by atoms with van der Waals surface area (Å²) in [5.74, 6) is -0.904. The van der Waals surface area contributed by atoms with Crippen molar-refractivity contribution in [2.75, 3.05) is 13.2 Å². The second-order valence-corrected chi connectivity index (χ2v) is 17.1. The Labute approximate surface area is 371 Å². The Bertz CT molecular complexity index is 1060. The van der Waals surface area contributed by atoms with Gasteiger partial charge in [0.2, 0.25) is 0 Å². The van der Waals surface area contributed by atoms with Crippen molar-refractivity contribution in [3.8, 4) is 0 Å². The van der Waals surface area contributed by atoms with E-state index in [0.717, 1.165) is 89.9 Å². The lowest BCUT2D eigenvalue weighted by Crippen LogP contribution is -2.30. The van der Waals surface area contributed by atoms with Crippen molar-refractivity contribution < 1.29 is 28.6 Å². The third kappa shape index (κ3) is 46.4. The third-order valence-electron chi connectivity index (χ3n) is 11.0. The van der Waals surface area contributed by atoms with Crippen LogP contribution in [0.15, 0.2) is 48.6 Å². The van der Waals surface area contributed by atoms with Gasteiger partial charge in [0.15, 0.2) is 6.10 Å². The van der Waals surface area contributed by atoms with Crippen LogP contribution in [0.5, 0.6) is 0 Å². The van der Waals surface area contributed by atoms with E-state index in [1.807, 2.05) is 0 Å². The molecule has 0 saturated carbocycles. The Kier molecular flexibility index (Phi) is 46.9. The molecule has 0 spiro atoms. The van der Waals surface area contributed by atoms with Crippen LogP contribution < -0.4 is 0 Å². The molecule has 0 radical (unpaired) electrons. The minimum Gasteiger partial charge on any atom is -0.462 e. The highest BCUT2D eigenvalue weighted by Gasteiger charge is 2.19. The monoisotopic (exact) mass is 841 g/mol. The number of allylic oxidation sites excluding steroid dienone is 8. The van der Waals surface area contributed by atoms with Gasteiger partial charge in [0.25, 0.3) is 0 Å². The molecule has 6 heteroatoms. The van der Waals surface area contributed by atoms with Crippen LogP contribution in [0.1, 0.15) is 258 Å². The highest BCUT2D eigenvalue weighted by atomic mass is 16.6. The predicted octanol–water partition coefficient (Wildman–Crippen LogP) is 16.7. The van der Waals surface area contributed by atoms with E-state index in [9.17, 15) is 14.4 Å². The highest BCUT2D eigenvalue weighted by molar-refractivity contribution is 5.71. The molecule has 60 heavy (non-hydrogen) atoms. The number of unbranched alkanes of at least 4 members (excludes halogenated alkanes) is 27. The summed E-state index contributed by atoms with van der Waals surface area (Å²) in [5.41, 5.74) is 0. The molecule has 348 valence electrons. The lowest BCUT2D eigenvalue weighted by molar-refractivity contribution is -0.167. The Morgan fingerprint density at radius 2 is 0.600 bits per heavy atom. The number of carbonyl (C=O) groups is 3. The molecule has 6 nitrogen and oxygen atoms in total. The summed E-state index contributed by atoms with van der Waals surface area (Å²) < 4.78 is 16.8. The van der Waals surface area contributed by atoms with E-state index in [1.165, 1.54) is 128 Å². The number of esters is 3. The van der Waals surface area contributed by atoms with E-state index >= 15 is 0 Å². The first kappa shape index (κ1) is 57.4. The summed E-state index contributed by atoms with van der Waals surface area (Å²) in [7, 11) is 0. The molecule has 1 unspecified atom stereocenters. The molecular formula is C54H96O6. The Balaban J connectivity index is 4.36. The summed E-state index contributed by atoms with van der Waals surface area (Å²) in [6.07, 6.45) is 58.0. The van der Waals surface area contributed by atoms with Crippen LogP contribution in [0.4, 0.5) is 0 Å². The third-order valence-corrected chi connectivity index (χ3v) is 11.0. The van der Waals surface area contributed by atoms with Crippen LogP contribution in [0.25, 0.3) is 0 Å². The first-order valence-electron chi connectivity index (χ1n) is 25.6. The van der Waals surface area contributed by atoms with Crippen molar-refractivity contribution in [2.24, 2.45) is 0 Å². The summed E-state index contributed by atoms with van der Waals surface area (Å²) >= 11 is 0. The number of hydrogen-bond donors (Lipinski definition) is 0. The number of hydrogen-bond acceptors (Lipinski definition) is 6. The summed E-state index contributed by atoms with van der Waals surface area (Å²) in [6, 6.07) is 0. The molecule has 0 heterocycles. The second kappa shape index (κ2) is 49.0. The topological polar surface area (TPSA) is 78.9 Å². The van der Waals surface area contributed by atoms with Crippen LogP contribution in [0, 0.1) is 0 Å². The van der Waals surface area contributed by atoms with Gasteiger partial charge in [-0.15, -0.1) is 0 Å². The van der Waals surface area contributed by atoms with Gasteiger partial charge in [-0.25, -0.2) is 0 Å². The highest BCUT2D eigenvalue weighted by Crippen LogP contribution is 2.14. The van der Waals surface area contributed by atoms with Gasteiger partial charge in [-0.2, -0.15) is 0 Å². The lowest BCUT2D eigenvalue weighted by Gasteiger charge is -2.18. The van der Waals surface area contributed by atoms with Crippen LogP contribution in [-0.2, 0) is 28.6 Å². The molecular weight excluding hydrogens is 745 g/mol. The molecule has 0 saturated heterocycles. The Morgan fingerprint density at radius 3 is 0.967 bits per heavy atom. The molecule has 0 aliphatic carbocycles. The maximum atomic E-state index is 12.8. The maximum absolute atomic E-state index is 12.8. The van der Waals surface area contributed by atoms with Gasteiger partial charge >= 0.3 is 17.9 Å². The normalized spacial score (nSPS) is 12.4. The molecule has 0 aliphatic heterocycles. The van der Waals surface area contributed by atoms with Crippen LogP contribution in [0.3, 0.4) is 0 Å². The van der Waals surface area contributed by atoms with Crippen molar-refractivity contribution >= 4 is 17.9 Å². The van der Waals surface area contributed by atoms with Crippen LogP contribution in [-0.4, -0.2) is 37.2 Å². The van der Waals surface area contributed by atoms with Crippen LogP contribution in [0.2, 0.25) is 0 Å². The van der Waals surface area contributed by atoms with E-state index in [1.54, 1.807) is 0 Å². The fraction of sp³-hybridized carbons (Fsp3) is 0.796. The van der Waals surface area contributed by atoms with E-state index < -0.39 is 6.10 Å². The van der Waals surface area contributed by atoms with Gasteiger partial charge in [-0.1, -0.05) is 185 Å². The summed E-state index contributed by atoms with van der Waals surface area (Å²) in [6.45, 7) is 6.56. The molecule has 0 fully saturated rings. The zero-order valence-corrected chi connectivity index (χ0v) is 39.7. The van der Waals surface area contributed by atoms with Crippen molar-refractivity contribution in [3.63, 3.8) is 0 Å².